The molecule has 2 rings (SSSR count). The Morgan fingerprint density at radius 2 is 1.85 bits per heavy atom. The lowest BCUT2D eigenvalue weighted by Crippen LogP contribution is -2.43. The first-order valence-corrected chi connectivity index (χ1v) is 6.68. The maximum absolute atomic E-state index is 12.7. The Hall–Kier alpha value is -1.65. The van der Waals surface area contributed by atoms with Crippen LogP contribution in [0.4, 0.5) is 8.78 Å². The van der Waals surface area contributed by atoms with Crippen molar-refractivity contribution in [3.63, 3.8) is 0 Å². The number of ether oxygens (including phenoxy) is 1. The molecule has 0 radical (unpaired) electrons. The van der Waals surface area contributed by atoms with E-state index in [1.807, 2.05) is 13.8 Å². The molecule has 0 atom stereocenters. The lowest BCUT2D eigenvalue weighted by atomic mass is 9.90. The Morgan fingerprint density at radius 3 is 2.30 bits per heavy atom. The van der Waals surface area contributed by atoms with Crippen molar-refractivity contribution in [3.8, 4) is 5.75 Å². The maximum Gasteiger partial charge on any atom is 0.336 e. The first kappa shape index (κ1) is 16.4. The highest BCUT2D eigenvalue weighted by Gasteiger charge is 2.47. The van der Waals surface area contributed by atoms with Gasteiger partial charge in [0.1, 0.15) is 11.9 Å². The van der Waals surface area contributed by atoms with Crippen LogP contribution in [0.2, 0.25) is 0 Å². The second kappa shape index (κ2) is 6.20. The summed E-state index contributed by atoms with van der Waals surface area (Å²) in [6.45, 7) is 7.32. The SMILES string of the molecule is CC.Cc1ccc(OC2CC(F)(F)C2)c(C)c1C(=O)O. The summed E-state index contributed by atoms with van der Waals surface area (Å²) < 4.78 is 30.8. The smallest absolute Gasteiger partial charge is 0.336 e. The van der Waals surface area contributed by atoms with Crippen LogP contribution in [0.1, 0.15) is 48.2 Å². The molecule has 1 aromatic rings. The Balaban J connectivity index is 0.000000956. The van der Waals surface area contributed by atoms with Crippen LogP contribution in [-0.2, 0) is 0 Å². The number of carbonyl (C=O) groups is 1. The quantitative estimate of drug-likeness (QED) is 0.905. The summed E-state index contributed by atoms with van der Waals surface area (Å²) in [6, 6.07) is 3.26. The summed E-state index contributed by atoms with van der Waals surface area (Å²) in [7, 11) is 0. The molecule has 3 nitrogen and oxygen atoms in total. The fraction of sp³-hybridized carbons (Fsp3) is 0.533. The molecule has 1 saturated carbocycles. The maximum atomic E-state index is 12.7. The van der Waals surface area contributed by atoms with E-state index < -0.39 is 18.0 Å². The minimum absolute atomic E-state index is 0.179. The van der Waals surface area contributed by atoms with E-state index in [9.17, 15) is 13.6 Å². The molecule has 20 heavy (non-hydrogen) atoms. The third kappa shape index (κ3) is 3.46. The van der Waals surface area contributed by atoms with Crippen molar-refractivity contribution < 1.29 is 23.4 Å². The van der Waals surface area contributed by atoms with Crippen LogP contribution < -0.4 is 4.74 Å². The van der Waals surface area contributed by atoms with Crippen LogP contribution in [0.5, 0.6) is 5.75 Å². The van der Waals surface area contributed by atoms with E-state index in [-0.39, 0.29) is 18.4 Å². The lowest BCUT2D eigenvalue weighted by molar-refractivity contribution is -0.134. The monoisotopic (exact) mass is 286 g/mol. The van der Waals surface area contributed by atoms with Gasteiger partial charge in [0, 0.05) is 18.4 Å². The number of carboxylic acid groups (broad SMARTS) is 1. The second-order valence-electron chi connectivity index (χ2n) is 4.69. The topological polar surface area (TPSA) is 46.5 Å². The number of hydrogen-bond donors (Lipinski definition) is 1. The number of carboxylic acids is 1. The molecule has 1 N–H and O–H groups in total. The molecule has 0 aromatic heterocycles. The van der Waals surface area contributed by atoms with Crippen molar-refractivity contribution >= 4 is 5.97 Å². The molecule has 0 bridgehead atoms. The van der Waals surface area contributed by atoms with Gasteiger partial charge in [-0.3, -0.25) is 0 Å². The van der Waals surface area contributed by atoms with E-state index in [4.69, 9.17) is 9.84 Å². The fourth-order valence-corrected chi connectivity index (χ4v) is 2.15. The highest BCUT2D eigenvalue weighted by Crippen LogP contribution is 2.40. The number of benzene rings is 1. The average Bonchev–Trinajstić information content (AvgIpc) is 2.32. The Labute approximate surface area is 117 Å². The number of aryl methyl sites for hydroxylation is 1. The highest BCUT2D eigenvalue weighted by molar-refractivity contribution is 5.91. The van der Waals surface area contributed by atoms with Gasteiger partial charge in [-0.2, -0.15) is 0 Å². The number of halogens is 2. The van der Waals surface area contributed by atoms with Crippen molar-refractivity contribution in [2.24, 2.45) is 0 Å². The summed E-state index contributed by atoms with van der Waals surface area (Å²) in [5.41, 5.74) is 1.29. The predicted octanol–water partition coefficient (Wildman–Crippen LogP) is 4.20. The van der Waals surface area contributed by atoms with Crippen molar-refractivity contribution in [2.45, 2.75) is 52.6 Å². The Morgan fingerprint density at radius 1 is 1.30 bits per heavy atom. The van der Waals surface area contributed by atoms with Crippen LogP contribution >= 0.6 is 0 Å². The Bertz CT molecular complexity index is 490. The minimum Gasteiger partial charge on any atom is -0.490 e. The van der Waals surface area contributed by atoms with Crippen molar-refractivity contribution in [1.82, 2.24) is 0 Å². The third-order valence-corrected chi connectivity index (χ3v) is 3.18. The van der Waals surface area contributed by atoms with Crippen LogP contribution in [0.15, 0.2) is 12.1 Å². The van der Waals surface area contributed by atoms with Gasteiger partial charge in [0.15, 0.2) is 0 Å². The minimum atomic E-state index is -2.64. The number of aromatic carboxylic acids is 1. The van der Waals surface area contributed by atoms with Gasteiger partial charge in [0.25, 0.3) is 5.92 Å². The summed E-state index contributed by atoms with van der Waals surface area (Å²) in [4.78, 5) is 11.1. The molecule has 1 aliphatic carbocycles. The molecule has 0 unspecified atom stereocenters. The van der Waals surface area contributed by atoms with Crippen molar-refractivity contribution in [3.05, 3.63) is 28.8 Å². The molecule has 0 heterocycles. The molecule has 5 heteroatoms. The first-order valence-electron chi connectivity index (χ1n) is 6.68. The van der Waals surface area contributed by atoms with E-state index in [1.165, 1.54) is 0 Å². The zero-order valence-electron chi connectivity index (χ0n) is 12.2. The largest absolute Gasteiger partial charge is 0.490 e. The summed E-state index contributed by atoms with van der Waals surface area (Å²) in [6.07, 6.45) is -1.13. The predicted molar refractivity (Wildman–Crippen MR) is 72.8 cm³/mol. The van der Waals surface area contributed by atoms with Gasteiger partial charge in [0.2, 0.25) is 0 Å². The van der Waals surface area contributed by atoms with E-state index >= 15 is 0 Å². The molecule has 0 spiro atoms. The lowest BCUT2D eigenvalue weighted by Gasteiger charge is -2.35. The molecule has 0 saturated heterocycles. The summed E-state index contributed by atoms with van der Waals surface area (Å²) in [5.74, 6) is -3.30. The van der Waals surface area contributed by atoms with Gasteiger partial charge in [-0.25, -0.2) is 13.6 Å². The third-order valence-electron chi connectivity index (χ3n) is 3.18. The van der Waals surface area contributed by atoms with E-state index in [0.29, 0.717) is 16.9 Å². The van der Waals surface area contributed by atoms with Crippen LogP contribution in [0.3, 0.4) is 0 Å². The van der Waals surface area contributed by atoms with Gasteiger partial charge >= 0.3 is 5.97 Å². The fourth-order valence-electron chi connectivity index (χ4n) is 2.15. The van der Waals surface area contributed by atoms with Crippen LogP contribution in [0.25, 0.3) is 0 Å². The normalized spacial score (nSPS) is 16.7. The van der Waals surface area contributed by atoms with Gasteiger partial charge in [-0.1, -0.05) is 19.9 Å². The number of alkyl halides is 2. The van der Waals surface area contributed by atoms with Crippen molar-refractivity contribution in [1.29, 1.82) is 0 Å². The number of hydrogen-bond acceptors (Lipinski definition) is 2. The zero-order chi connectivity index (χ0) is 15.5. The Kier molecular flexibility index (Phi) is 5.09. The van der Waals surface area contributed by atoms with Gasteiger partial charge in [0.05, 0.1) is 5.56 Å². The van der Waals surface area contributed by atoms with Gasteiger partial charge < -0.3 is 9.84 Å². The van der Waals surface area contributed by atoms with Gasteiger partial charge in [-0.05, 0) is 25.5 Å². The molecule has 0 aliphatic heterocycles. The zero-order valence-corrected chi connectivity index (χ0v) is 12.2. The molecule has 0 amide bonds. The first-order chi connectivity index (χ1) is 9.30. The molecule has 1 aliphatic rings. The standard InChI is InChI=1S/C13H14F2O3.C2H6/c1-7-3-4-10(8(2)11(7)12(16)17)18-9-5-13(14,15)6-9;1-2/h3-4,9H,5-6H2,1-2H3,(H,16,17);1-2H3. The second-order valence-corrected chi connectivity index (χ2v) is 4.69. The van der Waals surface area contributed by atoms with Crippen LogP contribution in [-0.4, -0.2) is 23.1 Å². The van der Waals surface area contributed by atoms with Crippen molar-refractivity contribution in [2.75, 3.05) is 0 Å². The molecule has 1 fully saturated rings. The van der Waals surface area contributed by atoms with Crippen LogP contribution in [0, 0.1) is 13.8 Å². The van der Waals surface area contributed by atoms with Gasteiger partial charge in [-0.15, -0.1) is 0 Å². The highest BCUT2D eigenvalue weighted by atomic mass is 19.3. The van der Waals surface area contributed by atoms with E-state index in [2.05, 4.69) is 0 Å². The molecule has 1 aromatic carbocycles. The molecular formula is C15H20F2O3. The number of rotatable bonds is 3. The summed E-state index contributed by atoms with van der Waals surface area (Å²) in [5, 5.41) is 9.08. The average molecular weight is 286 g/mol. The molecular weight excluding hydrogens is 266 g/mol. The molecule has 112 valence electrons. The van der Waals surface area contributed by atoms with E-state index in [1.54, 1.807) is 26.0 Å². The van der Waals surface area contributed by atoms with E-state index in [0.717, 1.165) is 0 Å². The summed E-state index contributed by atoms with van der Waals surface area (Å²) >= 11 is 0.